The van der Waals surface area contributed by atoms with E-state index in [0.29, 0.717) is 25.2 Å². The van der Waals surface area contributed by atoms with Crippen molar-refractivity contribution in [2.45, 2.75) is 39.2 Å². The second-order valence-corrected chi connectivity index (χ2v) is 4.31. The Morgan fingerprint density at radius 1 is 1.50 bits per heavy atom. The summed E-state index contributed by atoms with van der Waals surface area (Å²) < 4.78 is 0. The van der Waals surface area contributed by atoms with E-state index in [4.69, 9.17) is 10.2 Å². The molecule has 1 aromatic heterocycles. The van der Waals surface area contributed by atoms with E-state index >= 15 is 0 Å². The first-order valence-electron chi connectivity index (χ1n) is 6.19. The molecule has 5 heteroatoms. The van der Waals surface area contributed by atoms with Crippen LogP contribution in [0.2, 0.25) is 0 Å². The Bertz CT molecular complexity index is 405. The summed E-state index contributed by atoms with van der Waals surface area (Å²) in [5.74, 6) is -0.364. The number of carboxylic acid groups (broad SMARTS) is 1. The third-order valence-corrected chi connectivity index (χ3v) is 2.59. The maximum absolute atomic E-state index is 11.0. The maximum atomic E-state index is 11.0. The van der Waals surface area contributed by atoms with E-state index in [0.717, 1.165) is 12.1 Å². The molecule has 0 amide bonds. The number of rotatable bonds is 7. The van der Waals surface area contributed by atoms with Crippen LogP contribution in [-0.2, 0) is 6.42 Å². The Morgan fingerprint density at radius 2 is 2.22 bits per heavy atom. The number of nitrogens with one attached hydrogen (secondary N) is 1. The molecule has 0 bridgehead atoms. The number of hydrogen-bond donors (Lipinski definition) is 3. The molecule has 0 radical (unpaired) electrons. The van der Waals surface area contributed by atoms with Crippen LogP contribution in [0.3, 0.4) is 0 Å². The molecule has 1 unspecified atom stereocenters. The summed E-state index contributed by atoms with van der Waals surface area (Å²) in [4.78, 5) is 15.3. The van der Waals surface area contributed by atoms with Crippen molar-refractivity contribution < 1.29 is 15.0 Å². The Morgan fingerprint density at radius 3 is 2.78 bits per heavy atom. The van der Waals surface area contributed by atoms with Crippen LogP contribution in [0.5, 0.6) is 0 Å². The second kappa shape index (κ2) is 6.96. The van der Waals surface area contributed by atoms with Gasteiger partial charge in [-0.3, -0.25) is 0 Å². The summed E-state index contributed by atoms with van der Waals surface area (Å²) in [5, 5.41) is 21.2. The largest absolute Gasteiger partial charge is 0.478 e. The van der Waals surface area contributed by atoms with Crippen LogP contribution in [0, 0.1) is 0 Å². The number of carbonyl (C=O) groups is 1. The summed E-state index contributed by atoms with van der Waals surface area (Å²) in [6, 6.07) is 3.12. The Hall–Kier alpha value is -1.62. The van der Waals surface area contributed by atoms with Gasteiger partial charge in [-0.1, -0.05) is 6.92 Å². The van der Waals surface area contributed by atoms with Crippen molar-refractivity contribution in [3.05, 3.63) is 23.4 Å². The molecule has 1 aromatic rings. The van der Waals surface area contributed by atoms with Crippen LogP contribution >= 0.6 is 0 Å². The molecule has 0 aliphatic heterocycles. The van der Waals surface area contributed by atoms with Crippen LogP contribution in [-0.4, -0.2) is 33.8 Å². The number of aliphatic hydroxyl groups is 1. The molecule has 1 atom stereocenters. The van der Waals surface area contributed by atoms with Gasteiger partial charge in [-0.25, -0.2) is 9.78 Å². The number of aryl methyl sites for hydroxylation is 1. The normalized spacial score (nSPS) is 12.2. The van der Waals surface area contributed by atoms with E-state index in [1.807, 2.05) is 6.92 Å². The quantitative estimate of drug-likeness (QED) is 0.646. The average Bonchev–Trinajstić information content (AvgIpc) is 2.34. The smallest absolute Gasteiger partial charge is 0.335 e. The zero-order valence-corrected chi connectivity index (χ0v) is 10.8. The molecule has 0 aliphatic carbocycles. The second-order valence-electron chi connectivity index (χ2n) is 4.31. The standard InChI is InChI=1S/C13H20N2O3/c1-3-11-7-10(13(17)18)8-12(15-11)14-6-4-5-9(2)16/h7-9,16H,3-6H2,1-2H3,(H,14,15)(H,17,18). The lowest BCUT2D eigenvalue weighted by Gasteiger charge is -2.09. The van der Waals surface area contributed by atoms with Crippen LogP contribution in [0.25, 0.3) is 0 Å². The van der Waals surface area contributed by atoms with E-state index in [-0.39, 0.29) is 11.7 Å². The van der Waals surface area contributed by atoms with Gasteiger partial charge in [0.2, 0.25) is 0 Å². The van der Waals surface area contributed by atoms with Crippen LogP contribution in [0.4, 0.5) is 5.82 Å². The minimum Gasteiger partial charge on any atom is -0.478 e. The van der Waals surface area contributed by atoms with Gasteiger partial charge >= 0.3 is 5.97 Å². The van der Waals surface area contributed by atoms with Crippen molar-refractivity contribution in [1.82, 2.24) is 4.98 Å². The van der Waals surface area contributed by atoms with Crippen molar-refractivity contribution in [2.24, 2.45) is 0 Å². The fourth-order valence-corrected chi connectivity index (χ4v) is 1.60. The third-order valence-electron chi connectivity index (χ3n) is 2.59. The molecular formula is C13H20N2O3. The monoisotopic (exact) mass is 252 g/mol. The van der Waals surface area contributed by atoms with E-state index in [2.05, 4.69) is 10.3 Å². The molecule has 18 heavy (non-hydrogen) atoms. The molecule has 0 aliphatic rings. The number of nitrogens with zero attached hydrogens (tertiary/aromatic N) is 1. The number of aliphatic hydroxyl groups excluding tert-OH is 1. The lowest BCUT2D eigenvalue weighted by Crippen LogP contribution is -2.09. The number of aromatic carboxylic acids is 1. The van der Waals surface area contributed by atoms with Crippen molar-refractivity contribution in [3.63, 3.8) is 0 Å². The van der Waals surface area contributed by atoms with E-state index in [9.17, 15) is 4.79 Å². The fraction of sp³-hybridized carbons (Fsp3) is 0.538. The molecule has 0 saturated carbocycles. The number of anilines is 1. The van der Waals surface area contributed by atoms with Crippen molar-refractivity contribution in [2.75, 3.05) is 11.9 Å². The zero-order valence-electron chi connectivity index (χ0n) is 10.8. The summed E-state index contributed by atoms with van der Waals surface area (Å²) >= 11 is 0. The number of hydrogen-bond acceptors (Lipinski definition) is 4. The predicted octanol–water partition coefficient (Wildman–Crippen LogP) is 1.92. The van der Waals surface area contributed by atoms with Gasteiger partial charge < -0.3 is 15.5 Å². The van der Waals surface area contributed by atoms with E-state index in [1.165, 1.54) is 6.07 Å². The molecular weight excluding hydrogens is 232 g/mol. The molecule has 1 heterocycles. The highest BCUT2D eigenvalue weighted by Gasteiger charge is 2.07. The zero-order chi connectivity index (χ0) is 13.5. The van der Waals surface area contributed by atoms with Gasteiger partial charge in [0.05, 0.1) is 11.7 Å². The van der Waals surface area contributed by atoms with Crippen molar-refractivity contribution in [1.29, 1.82) is 0 Å². The van der Waals surface area contributed by atoms with Crippen molar-refractivity contribution >= 4 is 11.8 Å². The third kappa shape index (κ3) is 4.71. The average molecular weight is 252 g/mol. The molecule has 3 N–H and O–H groups in total. The van der Waals surface area contributed by atoms with E-state index in [1.54, 1.807) is 13.0 Å². The maximum Gasteiger partial charge on any atom is 0.335 e. The first-order chi connectivity index (χ1) is 8.52. The van der Waals surface area contributed by atoms with Crippen molar-refractivity contribution in [3.8, 4) is 0 Å². The molecule has 0 aromatic carbocycles. The van der Waals surface area contributed by atoms with Gasteiger partial charge in [-0.15, -0.1) is 0 Å². The van der Waals surface area contributed by atoms with Crippen LogP contribution in [0.15, 0.2) is 12.1 Å². The summed E-state index contributed by atoms with van der Waals surface area (Å²) in [6.07, 6.45) is 1.92. The SMILES string of the molecule is CCc1cc(C(=O)O)cc(NCCCC(C)O)n1. The summed E-state index contributed by atoms with van der Waals surface area (Å²) in [5.41, 5.74) is 1.01. The first kappa shape index (κ1) is 14.4. The van der Waals surface area contributed by atoms with E-state index < -0.39 is 5.97 Å². The Kier molecular flexibility index (Phi) is 5.58. The first-order valence-corrected chi connectivity index (χ1v) is 6.19. The molecule has 0 spiro atoms. The van der Waals surface area contributed by atoms with Gasteiger partial charge in [-0.05, 0) is 38.3 Å². The summed E-state index contributed by atoms with van der Waals surface area (Å²) in [6.45, 7) is 4.35. The fourth-order valence-electron chi connectivity index (χ4n) is 1.60. The Balaban J connectivity index is 2.64. The van der Waals surface area contributed by atoms with Gasteiger partial charge in [-0.2, -0.15) is 0 Å². The highest BCUT2D eigenvalue weighted by atomic mass is 16.4. The van der Waals surface area contributed by atoms with Gasteiger partial charge in [0, 0.05) is 12.2 Å². The highest BCUT2D eigenvalue weighted by molar-refractivity contribution is 5.88. The van der Waals surface area contributed by atoms with Gasteiger partial charge in [0.15, 0.2) is 0 Å². The lowest BCUT2D eigenvalue weighted by molar-refractivity contribution is 0.0696. The topological polar surface area (TPSA) is 82.5 Å². The molecule has 0 fully saturated rings. The van der Waals surface area contributed by atoms with Gasteiger partial charge in [0.25, 0.3) is 0 Å². The molecule has 5 nitrogen and oxygen atoms in total. The molecule has 0 saturated heterocycles. The number of aromatic nitrogens is 1. The minimum atomic E-state index is -0.945. The summed E-state index contributed by atoms with van der Waals surface area (Å²) in [7, 11) is 0. The Labute approximate surface area is 107 Å². The minimum absolute atomic E-state index is 0.250. The molecule has 1 rings (SSSR count). The van der Waals surface area contributed by atoms with Gasteiger partial charge in [0.1, 0.15) is 5.82 Å². The van der Waals surface area contributed by atoms with Crippen LogP contribution in [0.1, 0.15) is 42.7 Å². The number of carboxylic acids is 1. The van der Waals surface area contributed by atoms with Crippen LogP contribution < -0.4 is 5.32 Å². The highest BCUT2D eigenvalue weighted by Crippen LogP contribution is 2.11. The number of pyridine rings is 1. The predicted molar refractivity (Wildman–Crippen MR) is 70.0 cm³/mol. The lowest BCUT2D eigenvalue weighted by atomic mass is 10.2. The molecule has 100 valence electrons.